The van der Waals surface area contributed by atoms with Gasteiger partial charge in [-0.25, -0.2) is 18.2 Å². The molecule has 6 nitrogen and oxygen atoms in total. The Morgan fingerprint density at radius 2 is 1.94 bits per heavy atom. The van der Waals surface area contributed by atoms with Crippen LogP contribution in [0.3, 0.4) is 0 Å². The summed E-state index contributed by atoms with van der Waals surface area (Å²) in [6, 6.07) is 2.48. The number of carbonyl (C=O) groups excluding carboxylic acids is 2. The van der Waals surface area contributed by atoms with Crippen LogP contribution in [0.25, 0.3) is 0 Å². The van der Waals surface area contributed by atoms with E-state index in [1.165, 1.54) is 26.0 Å². The van der Waals surface area contributed by atoms with Gasteiger partial charge in [0.05, 0.1) is 12.9 Å². The molecule has 7 heteroatoms. The first kappa shape index (κ1) is 14.3. The highest BCUT2D eigenvalue weighted by molar-refractivity contribution is 7.91. The highest BCUT2D eigenvalue weighted by Gasteiger charge is 2.24. The number of carbonyl (C=O) groups is 2. The second-order valence-electron chi connectivity index (χ2n) is 3.49. The fourth-order valence-corrected chi connectivity index (χ4v) is 2.30. The molecule has 0 aliphatic heterocycles. The molecule has 0 fully saturated rings. The van der Waals surface area contributed by atoms with E-state index >= 15 is 0 Å². The molecule has 1 rings (SSSR count). The highest BCUT2D eigenvalue weighted by atomic mass is 32.2. The van der Waals surface area contributed by atoms with Crippen molar-refractivity contribution < 1.29 is 22.7 Å². The fraction of sp³-hybridized carbons (Fsp3) is 0.364. The van der Waals surface area contributed by atoms with E-state index in [1.54, 1.807) is 0 Å². The normalized spacial score (nSPS) is 11.1. The average Bonchev–Trinajstić information content (AvgIpc) is 2.36. The molecule has 18 heavy (non-hydrogen) atoms. The van der Waals surface area contributed by atoms with Crippen molar-refractivity contribution >= 4 is 21.6 Å². The van der Waals surface area contributed by atoms with E-state index < -0.39 is 15.8 Å². The van der Waals surface area contributed by atoms with E-state index in [2.05, 4.69) is 9.72 Å². The lowest BCUT2D eigenvalue weighted by molar-refractivity contribution is 0.0589. The van der Waals surface area contributed by atoms with Crippen LogP contribution in [-0.2, 0) is 14.6 Å². The van der Waals surface area contributed by atoms with Crippen LogP contribution in [0.15, 0.2) is 17.0 Å². The Labute approximate surface area is 105 Å². The van der Waals surface area contributed by atoms with Crippen LogP contribution in [0.5, 0.6) is 0 Å². The van der Waals surface area contributed by atoms with E-state index in [0.717, 1.165) is 7.11 Å². The maximum atomic E-state index is 11.8. The number of nitrogens with zero attached hydrogens (tertiary/aromatic N) is 1. The summed E-state index contributed by atoms with van der Waals surface area (Å²) in [5.74, 6) is -1.41. The molecule has 0 aromatic carbocycles. The van der Waals surface area contributed by atoms with E-state index in [4.69, 9.17) is 0 Å². The molecule has 0 N–H and O–H groups in total. The van der Waals surface area contributed by atoms with Crippen molar-refractivity contribution in [1.29, 1.82) is 0 Å². The monoisotopic (exact) mass is 271 g/mol. The number of methoxy groups -OCH3 is 1. The van der Waals surface area contributed by atoms with Gasteiger partial charge in [0.25, 0.3) is 0 Å². The van der Waals surface area contributed by atoms with Gasteiger partial charge in [0.1, 0.15) is 10.6 Å². The van der Waals surface area contributed by atoms with Crippen LogP contribution in [-0.4, -0.2) is 38.0 Å². The largest absolute Gasteiger partial charge is 0.464 e. The molecular formula is C11H13NO5S. The number of ketones is 1. The third kappa shape index (κ3) is 2.73. The number of aromatic nitrogens is 1. The maximum absolute atomic E-state index is 11.8. The van der Waals surface area contributed by atoms with Gasteiger partial charge in [-0.15, -0.1) is 0 Å². The van der Waals surface area contributed by atoms with Gasteiger partial charge in [-0.3, -0.25) is 4.79 Å². The minimum atomic E-state index is -3.60. The number of ether oxygens (including phenoxy) is 1. The number of hydrogen-bond acceptors (Lipinski definition) is 6. The Morgan fingerprint density at radius 3 is 2.39 bits per heavy atom. The maximum Gasteiger partial charge on any atom is 0.358 e. The molecule has 0 bridgehead atoms. The number of pyridine rings is 1. The molecule has 0 spiro atoms. The summed E-state index contributed by atoms with van der Waals surface area (Å²) in [5, 5.41) is 0. The van der Waals surface area contributed by atoms with Crippen molar-refractivity contribution in [3.63, 3.8) is 0 Å². The van der Waals surface area contributed by atoms with Gasteiger partial charge in [0, 0.05) is 6.92 Å². The molecule has 0 atom stereocenters. The molecule has 0 saturated heterocycles. The Morgan fingerprint density at radius 1 is 1.33 bits per heavy atom. The van der Waals surface area contributed by atoms with Crippen LogP contribution in [0.1, 0.15) is 34.8 Å². The molecule has 0 radical (unpaired) electrons. The summed E-state index contributed by atoms with van der Waals surface area (Å²) in [4.78, 5) is 26.2. The zero-order valence-corrected chi connectivity index (χ0v) is 11.1. The first-order valence-electron chi connectivity index (χ1n) is 5.16. The molecule has 0 aliphatic carbocycles. The van der Waals surface area contributed by atoms with Crippen molar-refractivity contribution in [2.45, 2.75) is 18.7 Å². The lowest BCUT2D eigenvalue weighted by atomic mass is 10.2. The second kappa shape index (κ2) is 5.26. The molecule has 1 aromatic heterocycles. The number of hydrogen-bond donors (Lipinski definition) is 0. The minimum Gasteiger partial charge on any atom is -0.464 e. The molecule has 0 aliphatic rings. The van der Waals surface area contributed by atoms with Gasteiger partial charge in [-0.05, 0) is 12.1 Å². The van der Waals surface area contributed by atoms with Gasteiger partial charge in [0.15, 0.2) is 21.3 Å². The molecular weight excluding hydrogens is 258 g/mol. The standard InChI is InChI=1S/C11H13NO5S/c1-4-18(15,16)9-6-5-8(7(2)13)12-10(9)11(14)17-3/h5-6H,4H2,1-3H3. The third-order valence-corrected chi connectivity index (χ3v) is 4.07. The lowest BCUT2D eigenvalue weighted by Gasteiger charge is -2.07. The summed E-state index contributed by atoms with van der Waals surface area (Å²) in [5.41, 5.74) is -0.336. The van der Waals surface area contributed by atoms with Gasteiger partial charge >= 0.3 is 5.97 Å². The summed E-state index contributed by atoms with van der Waals surface area (Å²) in [6.45, 7) is 2.73. The molecule has 1 aromatic rings. The topological polar surface area (TPSA) is 90.4 Å². The van der Waals surface area contributed by atoms with E-state index in [0.29, 0.717) is 0 Å². The van der Waals surface area contributed by atoms with Crippen LogP contribution >= 0.6 is 0 Å². The molecule has 0 amide bonds. The zero-order chi connectivity index (χ0) is 13.9. The van der Waals surface area contributed by atoms with Crippen molar-refractivity contribution in [3.05, 3.63) is 23.5 Å². The fourth-order valence-electron chi connectivity index (χ4n) is 1.29. The van der Waals surface area contributed by atoms with E-state index in [9.17, 15) is 18.0 Å². The molecule has 1 heterocycles. The van der Waals surface area contributed by atoms with Gasteiger partial charge in [0.2, 0.25) is 0 Å². The predicted molar refractivity (Wildman–Crippen MR) is 63.3 cm³/mol. The summed E-state index contributed by atoms with van der Waals surface area (Å²) >= 11 is 0. The SMILES string of the molecule is CCS(=O)(=O)c1ccc(C(C)=O)nc1C(=O)OC. The Bertz CT molecular complexity index is 591. The van der Waals surface area contributed by atoms with Gasteiger partial charge < -0.3 is 4.74 Å². The Kier molecular flexibility index (Phi) is 4.18. The predicted octanol–water partition coefficient (Wildman–Crippen LogP) is 0.864. The summed E-state index contributed by atoms with van der Waals surface area (Å²) in [7, 11) is -2.48. The smallest absolute Gasteiger partial charge is 0.358 e. The van der Waals surface area contributed by atoms with Crippen LogP contribution in [0.4, 0.5) is 0 Å². The van der Waals surface area contributed by atoms with Crippen LogP contribution in [0.2, 0.25) is 0 Å². The van der Waals surface area contributed by atoms with Crippen LogP contribution < -0.4 is 0 Å². The lowest BCUT2D eigenvalue weighted by Crippen LogP contribution is -2.16. The van der Waals surface area contributed by atoms with Crippen molar-refractivity contribution in [3.8, 4) is 0 Å². The van der Waals surface area contributed by atoms with E-state index in [-0.39, 0.29) is 27.8 Å². The second-order valence-corrected chi connectivity index (χ2v) is 5.74. The van der Waals surface area contributed by atoms with Gasteiger partial charge in [-0.2, -0.15) is 0 Å². The van der Waals surface area contributed by atoms with Crippen molar-refractivity contribution in [2.75, 3.05) is 12.9 Å². The third-order valence-electron chi connectivity index (χ3n) is 2.31. The van der Waals surface area contributed by atoms with Crippen LogP contribution in [0, 0.1) is 0 Å². The number of sulfone groups is 1. The first-order chi connectivity index (χ1) is 8.33. The average molecular weight is 271 g/mol. The zero-order valence-electron chi connectivity index (χ0n) is 10.3. The van der Waals surface area contributed by atoms with E-state index in [1.807, 2.05) is 0 Å². The Hall–Kier alpha value is -1.76. The summed E-state index contributed by atoms with van der Waals surface area (Å²) in [6.07, 6.45) is 0. The molecule has 0 saturated carbocycles. The molecule has 98 valence electrons. The van der Waals surface area contributed by atoms with Gasteiger partial charge in [-0.1, -0.05) is 6.92 Å². The van der Waals surface area contributed by atoms with Crippen molar-refractivity contribution in [2.24, 2.45) is 0 Å². The quantitative estimate of drug-likeness (QED) is 0.596. The number of Topliss-reactive ketones (excluding diaryl/α,β-unsaturated/α-hetero) is 1. The number of esters is 1. The number of rotatable bonds is 4. The molecule has 0 unspecified atom stereocenters. The first-order valence-corrected chi connectivity index (χ1v) is 6.81. The van der Waals surface area contributed by atoms with Crippen molar-refractivity contribution in [1.82, 2.24) is 4.98 Å². The Balaban J connectivity index is 3.54. The minimum absolute atomic E-state index is 0.0189. The summed E-state index contributed by atoms with van der Waals surface area (Å²) < 4.78 is 28.1. The highest BCUT2D eigenvalue weighted by Crippen LogP contribution is 2.17.